The number of hydrogen-bond acceptors (Lipinski definition) is 3. The van der Waals surface area contributed by atoms with Crippen LogP contribution in [0.15, 0.2) is 24.3 Å². The first-order valence-electron chi connectivity index (χ1n) is 5.72. The molecule has 1 aromatic carbocycles. The minimum absolute atomic E-state index is 0.197. The van der Waals surface area contributed by atoms with E-state index in [0.717, 1.165) is 11.1 Å². The van der Waals surface area contributed by atoms with Gasteiger partial charge in [0.25, 0.3) is 0 Å². The Kier molecular flexibility index (Phi) is 5.71. The van der Waals surface area contributed by atoms with Gasteiger partial charge in [0.2, 0.25) is 5.91 Å². The van der Waals surface area contributed by atoms with Crippen molar-refractivity contribution in [3.8, 4) is 0 Å². The van der Waals surface area contributed by atoms with Crippen LogP contribution in [0, 0.1) is 6.92 Å². The number of aryl methyl sites for hydroxylation is 1. The van der Waals surface area contributed by atoms with Gasteiger partial charge >= 0.3 is 5.97 Å². The molecule has 1 amide bonds. The molecule has 0 aliphatic rings. The van der Waals surface area contributed by atoms with Gasteiger partial charge in [-0.1, -0.05) is 24.3 Å². The quantitative estimate of drug-likeness (QED) is 0.683. The molecule has 1 aromatic rings. The summed E-state index contributed by atoms with van der Waals surface area (Å²) in [6.07, 6.45) is 0.515. The van der Waals surface area contributed by atoms with Crippen LogP contribution in [-0.4, -0.2) is 28.8 Å². The lowest BCUT2D eigenvalue weighted by Gasteiger charge is -2.13. The van der Waals surface area contributed by atoms with Crippen LogP contribution in [0.1, 0.15) is 17.5 Å². The molecule has 2 N–H and O–H groups in total. The maximum atomic E-state index is 11.8. The van der Waals surface area contributed by atoms with Gasteiger partial charge in [-0.3, -0.25) is 4.79 Å². The zero-order valence-corrected chi connectivity index (χ0v) is 11.1. The average molecular weight is 267 g/mol. The maximum Gasteiger partial charge on any atom is 0.326 e. The van der Waals surface area contributed by atoms with Gasteiger partial charge in [0.15, 0.2) is 0 Å². The summed E-state index contributed by atoms with van der Waals surface area (Å²) in [4.78, 5) is 22.7. The van der Waals surface area contributed by atoms with E-state index in [2.05, 4.69) is 17.9 Å². The second-order valence-electron chi connectivity index (χ2n) is 4.07. The molecule has 0 saturated carbocycles. The predicted octanol–water partition coefficient (Wildman–Crippen LogP) is 1.43. The molecule has 0 aliphatic carbocycles. The molecule has 0 fully saturated rings. The van der Waals surface area contributed by atoms with E-state index in [9.17, 15) is 9.59 Å². The number of carboxylic acids is 1. The Morgan fingerprint density at radius 2 is 2.06 bits per heavy atom. The van der Waals surface area contributed by atoms with E-state index < -0.39 is 12.0 Å². The first kappa shape index (κ1) is 14.6. The van der Waals surface area contributed by atoms with Crippen molar-refractivity contribution >= 4 is 24.5 Å². The third-order valence-electron chi connectivity index (χ3n) is 2.66. The van der Waals surface area contributed by atoms with Crippen LogP contribution in [0.4, 0.5) is 0 Å². The predicted molar refractivity (Wildman–Crippen MR) is 72.9 cm³/mol. The summed E-state index contributed by atoms with van der Waals surface area (Å²) < 4.78 is 0. The first-order valence-corrected chi connectivity index (χ1v) is 6.35. The molecule has 0 bridgehead atoms. The van der Waals surface area contributed by atoms with E-state index in [1.165, 1.54) is 0 Å². The summed E-state index contributed by atoms with van der Waals surface area (Å²) in [5, 5.41) is 11.4. The molecule has 0 saturated heterocycles. The van der Waals surface area contributed by atoms with Gasteiger partial charge in [-0.25, -0.2) is 4.79 Å². The van der Waals surface area contributed by atoms with Gasteiger partial charge in [0.05, 0.1) is 6.42 Å². The molecule has 0 heterocycles. The highest BCUT2D eigenvalue weighted by atomic mass is 32.1. The molecule has 4 nitrogen and oxygen atoms in total. The number of thiol groups is 1. The van der Waals surface area contributed by atoms with Gasteiger partial charge in [0.1, 0.15) is 6.04 Å². The first-order chi connectivity index (χ1) is 8.54. The smallest absolute Gasteiger partial charge is 0.326 e. The minimum Gasteiger partial charge on any atom is -0.480 e. The van der Waals surface area contributed by atoms with Crippen molar-refractivity contribution in [1.29, 1.82) is 0 Å². The Labute approximate surface area is 112 Å². The molecule has 0 aromatic heterocycles. The van der Waals surface area contributed by atoms with Crippen LogP contribution in [0.25, 0.3) is 0 Å². The van der Waals surface area contributed by atoms with Crippen molar-refractivity contribution in [2.45, 2.75) is 25.8 Å². The summed E-state index contributed by atoms with van der Waals surface area (Å²) >= 11 is 3.98. The molecule has 0 aliphatic heterocycles. The fourth-order valence-corrected chi connectivity index (χ4v) is 1.87. The summed E-state index contributed by atoms with van der Waals surface area (Å²) in [7, 11) is 0. The van der Waals surface area contributed by atoms with E-state index >= 15 is 0 Å². The van der Waals surface area contributed by atoms with E-state index in [1.807, 2.05) is 31.2 Å². The van der Waals surface area contributed by atoms with E-state index in [1.54, 1.807) is 0 Å². The highest BCUT2D eigenvalue weighted by molar-refractivity contribution is 7.80. The molecule has 18 heavy (non-hydrogen) atoms. The molecule has 5 heteroatoms. The molecule has 1 atom stereocenters. The number of carbonyl (C=O) groups excluding carboxylic acids is 1. The highest BCUT2D eigenvalue weighted by Gasteiger charge is 2.19. The van der Waals surface area contributed by atoms with Crippen molar-refractivity contribution in [2.24, 2.45) is 0 Å². The van der Waals surface area contributed by atoms with Crippen molar-refractivity contribution in [3.05, 3.63) is 35.4 Å². The molecular formula is C13H17NO3S. The molecule has 1 rings (SSSR count). The van der Waals surface area contributed by atoms with Crippen molar-refractivity contribution in [1.82, 2.24) is 5.32 Å². The van der Waals surface area contributed by atoms with Crippen LogP contribution in [-0.2, 0) is 16.0 Å². The normalized spacial score (nSPS) is 11.9. The van der Waals surface area contributed by atoms with Gasteiger partial charge < -0.3 is 10.4 Å². The Bertz CT molecular complexity index is 434. The summed E-state index contributed by atoms with van der Waals surface area (Å²) in [5.74, 6) is -0.887. The fourth-order valence-electron chi connectivity index (χ4n) is 1.61. The van der Waals surface area contributed by atoms with Crippen LogP contribution >= 0.6 is 12.6 Å². The van der Waals surface area contributed by atoms with Crippen molar-refractivity contribution in [3.63, 3.8) is 0 Å². The molecule has 98 valence electrons. The zero-order valence-electron chi connectivity index (χ0n) is 10.2. The number of amides is 1. The molecular weight excluding hydrogens is 250 g/mol. The zero-order chi connectivity index (χ0) is 13.5. The van der Waals surface area contributed by atoms with Gasteiger partial charge in [0, 0.05) is 0 Å². The second kappa shape index (κ2) is 7.06. The number of carbonyl (C=O) groups is 2. The fraction of sp³-hybridized carbons (Fsp3) is 0.385. The van der Waals surface area contributed by atoms with Gasteiger partial charge in [-0.15, -0.1) is 0 Å². The van der Waals surface area contributed by atoms with Crippen LogP contribution in [0.5, 0.6) is 0 Å². The van der Waals surface area contributed by atoms with Crippen molar-refractivity contribution in [2.75, 3.05) is 5.75 Å². The standard InChI is InChI=1S/C13H17NO3S/c1-9-4-2-3-5-10(9)8-12(15)14-11(6-7-18)13(16)17/h2-5,11,18H,6-8H2,1H3,(H,14,15)(H,16,17). The number of carboxylic acid groups (broad SMARTS) is 1. The SMILES string of the molecule is Cc1ccccc1CC(=O)NC(CCS)C(=O)O. The van der Waals surface area contributed by atoms with Gasteiger partial charge in [-0.2, -0.15) is 12.6 Å². The second-order valence-corrected chi connectivity index (χ2v) is 4.52. The van der Waals surface area contributed by atoms with Crippen LogP contribution in [0.2, 0.25) is 0 Å². The van der Waals surface area contributed by atoms with Crippen LogP contribution in [0.3, 0.4) is 0 Å². The summed E-state index contributed by atoms with van der Waals surface area (Å²) in [6, 6.07) is 6.68. The molecule has 1 unspecified atom stereocenters. The Morgan fingerprint density at radius 1 is 1.39 bits per heavy atom. The third-order valence-corrected chi connectivity index (χ3v) is 2.92. The Balaban J connectivity index is 2.61. The minimum atomic E-state index is -1.03. The average Bonchev–Trinajstić information content (AvgIpc) is 2.31. The van der Waals surface area contributed by atoms with Gasteiger partial charge in [-0.05, 0) is 30.2 Å². The summed E-state index contributed by atoms with van der Waals surface area (Å²) in [6.45, 7) is 1.92. The Morgan fingerprint density at radius 3 is 2.61 bits per heavy atom. The van der Waals surface area contributed by atoms with E-state index in [4.69, 9.17) is 5.11 Å². The summed E-state index contributed by atoms with van der Waals surface area (Å²) in [5.41, 5.74) is 1.93. The number of rotatable bonds is 6. The van der Waals surface area contributed by atoms with Crippen molar-refractivity contribution < 1.29 is 14.7 Å². The molecule has 0 radical (unpaired) electrons. The highest BCUT2D eigenvalue weighted by Crippen LogP contribution is 2.08. The monoisotopic (exact) mass is 267 g/mol. The largest absolute Gasteiger partial charge is 0.480 e. The number of nitrogens with one attached hydrogen (secondary N) is 1. The van der Waals surface area contributed by atoms with E-state index in [-0.39, 0.29) is 12.3 Å². The Hall–Kier alpha value is -1.49. The number of hydrogen-bond donors (Lipinski definition) is 3. The topological polar surface area (TPSA) is 66.4 Å². The lowest BCUT2D eigenvalue weighted by atomic mass is 10.1. The van der Waals surface area contributed by atoms with Crippen LogP contribution < -0.4 is 5.32 Å². The lowest BCUT2D eigenvalue weighted by molar-refractivity contribution is -0.141. The van der Waals surface area contributed by atoms with E-state index in [0.29, 0.717) is 12.2 Å². The number of aliphatic carboxylic acids is 1. The number of benzene rings is 1. The molecule has 0 spiro atoms. The lowest BCUT2D eigenvalue weighted by Crippen LogP contribution is -2.41. The maximum absolute atomic E-state index is 11.8. The third kappa shape index (κ3) is 4.41.